The molecule has 1 fully saturated rings. The molecule has 1 unspecified atom stereocenters. The van der Waals surface area contributed by atoms with Crippen molar-refractivity contribution in [2.45, 2.75) is 43.7 Å². The monoisotopic (exact) mass is 443 g/mol. The first-order valence-corrected chi connectivity index (χ1v) is 12.3. The van der Waals surface area contributed by atoms with Gasteiger partial charge in [0.15, 0.2) is 0 Å². The second-order valence-corrected chi connectivity index (χ2v) is 10.9. The van der Waals surface area contributed by atoms with Crippen molar-refractivity contribution < 1.29 is 13.2 Å². The molecule has 6 nitrogen and oxygen atoms in total. The summed E-state index contributed by atoms with van der Waals surface area (Å²) in [7, 11) is -2.09. The molecule has 1 saturated heterocycles. The summed E-state index contributed by atoms with van der Waals surface area (Å²) in [5, 5.41) is 0.936. The van der Waals surface area contributed by atoms with Gasteiger partial charge in [-0.25, -0.2) is 13.4 Å². The Labute approximate surface area is 181 Å². The quantitative estimate of drug-likeness (QED) is 0.589. The molecule has 8 heteroatoms. The van der Waals surface area contributed by atoms with Crippen LogP contribution in [0.25, 0.3) is 10.2 Å². The molecule has 1 aliphatic heterocycles. The molecule has 0 radical (unpaired) electrons. The highest BCUT2D eigenvalue weighted by Gasteiger charge is 2.33. The summed E-state index contributed by atoms with van der Waals surface area (Å²) in [4.78, 5) is 20.0. The number of likely N-dealkylation sites (tertiary alicyclic amines) is 1. The van der Waals surface area contributed by atoms with Gasteiger partial charge in [-0.05, 0) is 57.0 Å². The number of hydrogen-bond donors (Lipinski definition) is 0. The topological polar surface area (TPSA) is 70.6 Å². The number of nitrogens with zero attached hydrogens (tertiary/aromatic N) is 3. The molecule has 3 aromatic rings. The Morgan fingerprint density at radius 1 is 1.20 bits per heavy atom. The van der Waals surface area contributed by atoms with Gasteiger partial charge in [-0.15, -0.1) is 11.3 Å². The average Bonchev–Trinajstić information content (AvgIpc) is 3.39. The lowest BCUT2D eigenvalue weighted by Crippen LogP contribution is -2.33. The highest BCUT2D eigenvalue weighted by Crippen LogP contribution is 2.37. The van der Waals surface area contributed by atoms with Crippen LogP contribution < -0.4 is 0 Å². The number of carbonyl (C=O) groups excluding carboxylic acids is 1. The van der Waals surface area contributed by atoms with Gasteiger partial charge < -0.3 is 4.90 Å². The first kappa shape index (κ1) is 21.0. The number of rotatable bonds is 5. The maximum absolute atomic E-state index is 13.3. The predicted octanol–water partition coefficient (Wildman–Crippen LogP) is 4.30. The van der Waals surface area contributed by atoms with Gasteiger partial charge in [0.25, 0.3) is 5.91 Å². The van der Waals surface area contributed by atoms with E-state index in [2.05, 4.69) is 0 Å². The second-order valence-electron chi connectivity index (χ2n) is 7.82. The Morgan fingerprint density at radius 3 is 2.70 bits per heavy atom. The number of amides is 1. The standard InChI is InChI=1S/C22H25N3O3S2/c1-15(2)24(3)30(27,28)17-9-6-8-16(14-17)22(26)25-13-7-11-19(25)21-23-18-10-4-5-12-20(18)29-21/h4-6,8-10,12,14-15,19H,7,11,13H2,1-3H3. The van der Waals surface area contributed by atoms with Crippen molar-refractivity contribution in [3.63, 3.8) is 0 Å². The number of para-hydroxylation sites is 1. The normalized spacial score (nSPS) is 17.4. The van der Waals surface area contributed by atoms with E-state index in [-0.39, 0.29) is 22.9 Å². The molecule has 158 valence electrons. The summed E-state index contributed by atoms with van der Waals surface area (Å²) in [5.41, 5.74) is 1.34. The molecule has 4 rings (SSSR count). The summed E-state index contributed by atoms with van der Waals surface area (Å²) in [6.07, 6.45) is 1.76. The van der Waals surface area contributed by atoms with Crippen molar-refractivity contribution in [1.82, 2.24) is 14.2 Å². The third-order valence-corrected chi connectivity index (χ3v) is 8.76. The van der Waals surface area contributed by atoms with Crippen LogP contribution in [-0.2, 0) is 10.0 Å². The van der Waals surface area contributed by atoms with E-state index in [0.29, 0.717) is 12.1 Å². The van der Waals surface area contributed by atoms with Crippen LogP contribution in [0.3, 0.4) is 0 Å². The number of benzene rings is 2. The van der Waals surface area contributed by atoms with Crippen LogP contribution in [0.5, 0.6) is 0 Å². The van der Waals surface area contributed by atoms with E-state index < -0.39 is 10.0 Å². The molecular formula is C22H25N3O3S2. The molecule has 1 aromatic heterocycles. The van der Waals surface area contributed by atoms with Gasteiger partial charge in [0.1, 0.15) is 5.01 Å². The van der Waals surface area contributed by atoms with E-state index >= 15 is 0 Å². The van der Waals surface area contributed by atoms with Gasteiger partial charge in [-0.2, -0.15) is 4.31 Å². The Hall–Kier alpha value is -2.29. The van der Waals surface area contributed by atoms with Crippen molar-refractivity contribution >= 4 is 37.5 Å². The molecular weight excluding hydrogens is 418 g/mol. The lowest BCUT2D eigenvalue weighted by atomic mass is 10.1. The molecule has 0 N–H and O–H groups in total. The van der Waals surface area contributed by atoms with Crippen molar-refractivity contribution in [3.8, 4) is 0 Å². The maximum Gasteiger partial charge on any atom is 0.254 e. The van der Waals surface area contributed by atoms with Crippen LogP contribution in [0, 0.1) is 0 Å². The fraction of sp³-hybridized carbons (Fsp3) is 0.364. The van der Waals surface area contributed by atoms with Crippen molar-refractivity contribution in [2.75, 3.05) is 13.6 Å². The van der Waals surface area contributed by atoms with E-state index in [9.17, 15) is 13.2 Å². The summed E-state index contributed by atoms with van der Waals surface area (Å²) in [5.74, 6) is -0.152. The van der Waals surface area contributed by atoms with E-state index in [1.165, 1.54) is 10.4 Å². The molecule has 30 heavy (non-hydrogen) atoms. The molecule has 0 spiro atoms. The van der Waals surface area contributed by atoms with E-state index in [1.54, 1.807) is 36.6 Å². The van der Waals surface area contributed by atoms with Gasteiger partial charge in [-0.3, -0.25) is 4.79 Å². The van der Waals surface area contributed by atoms with Crippen molar-refractivity contribution in [1.29, 1.82) is 0 Å². The van der Waals surface area contributed by atoms with Crippen LogP contribution in [0.15, 0.2) is 53.4 Å². The van der Waals surface area contributed by atoms with Crippen molar-refractivity contribution in [3.05, 3.63) is 59.1 Å². The Bertz CT molecular complexity index is 1150. The smallest absolute Gasteiger partial charge is 0.254 e. The van der Waals surface area contributed by atoms with Crippen LogP contribution >= 0.6 is 11.3 Å². The molecule has 2 heterocycles. The minimum atomic E-state index is -3.65. The Morgan fingerprint density at radius 2 is 1.97 bits per heavy atom. The fourth-order valence-corrected chi connectivity index (χ4v) is 6.23. The van der Waals surface area contributed by atoms with Gasteiger partial charge in [-0.1, -0.05) is 18.2 Å². The number of carbonyl (C=O) groups is 1. The van der Waals surface area contributed by atoms with Crippen LogP contribution in [-0.4, -0.2) is 48.1 Å². The Balaban J connectivity index is 1.64. The molecule has 0 aliphatic carbocycles. The van der Waals surface area contributed by atoms with Gasteiger partial charge >= 0.3 is 0 Å². The van der Waals surface area contributed by atoms with Crippen LogP contribution in [0.2, 0.25) is 0 Å². The first-order chi connectivity index (χ1) is 14.3. The summed E-state index contributed by atoms with van der Waals surface area (Å²) in [6, 6.07) is 14.1. The van der Waals surface area contributed by atoms with Gasteiger partial charge in [0, 0.05) is 25.2 Å². The molecule has 0 bridgehead atoms. The van der Waals surface area contributed by atoms with Gasteiger partial charge in [0.05, 0.1) is 21.2 Å². The summed E-state index contributed by atoms with van der Waals surface area (Å²) in [6.45, 7) is 4.28. The second kappa shape index (κ2) is 8.09. The SMILES string of the molecule is CC(C)N(C)S(=O)(=O)c1cccc(C(=O)N2CCCC2c2nc3ccccc3s2)c1. The summed E-state index contributed by atoms with van der Waals surface area (Å²) >= 11 is 1.62. The predicted molar refractivity (Wildman–Crippen MR) is 119 cm³/mol. The van der Waals surface area contributed by atoms with Gasteiger partial charge in [0.2, 0.25) is 10.0 Å². The zero-order valence-electron chi connectivity index (χ0n) is 17.3. The average molecular weight is 444 g/mol. The largest absolute Gasteiger partial charge is 0.329 e. The third-order valence-electron chi connectivity index (χ3n) is 5.59. The molecule has 1 amide bonds. The molecule has 2 aromatic carbocycles. The number of hydrogen-bond acceptors (Lipinski definition) is 5. The zero-order chi connectivity index (χ0) is 21.5. The minimum absolute atomic E-state index is 0.0755. The van der Waals surface area contributed by atoms with E-state index in [4.69, 9.17) is 4.98 Å². The lowest BCUT2D eigenvalue weighted by molar-refractivity contribution is 0.0735. The molecule has 0 saturated carbocycles. The molecule has 1 atom stereocenters. The van der Waals surface area contributed by atoms with E-state index in [1.807, 2.05) is 43.0 Å². The molecule has 1 aliphatic rings. The summed E-state index contributed by atoms with van der Waals surface area (Å²) < 4.78 is 28.1. The fourth-order valence-electron chi connectivity index (χ4n) is 3.70. The number of sulfonamides is 1. The minimum Gasteiger partial charge on any atom is -0.329 e. The third kappa shape index (κ3) is 3.75. The van der Waals surface area contributed by atoms with Crippen LogP contribution in [0.1, 0.15) is 48.1 Å². The lowest BCUT2D eigenvalue weighted by Gasteiger charge is -2.24. The number of thiazole rings is 1. The maximum atomic E-state index is 13.3. The first-order valence-electron chi connectivity index (χ1n) is 10.0. The van der Waals surface area contributed by atoms with Crippen molar-refractivity contribution in [2.24, 2.45) is 0 Å². The Kier molecular flexibility index (Phi) is 5.65. The zero-order valence-corrected chi connectivity index (χ0v) is 18.9. The highest BCUT2D eigenvalue weighted by molar-refractivity contribution is 7.89. The number of aromatic nitrogens is 1. The number of fused-ring (bicyclic) bond motifs is 1. The van der Waals surface area contributed by atoms with Crippen LogP contribution in [0.4, 0.5) is 0 Å². The van der Waals surface area contributed by atoms with E-state index in [0.717, 1.165) is 28.1 Å². The highest BCUT2D eigenvalue weighted by atomic mass is 32.2.